The molecule has 1 N–H and O–H groups in total. The van der Waals surface area contributed by atoms with Crippen LogP contribution in [0.2, 0.25) is 0 Å². The molecule has 122 valence electrons. The lowest BCUT2D eigenvalue weighted by Gasteiger charge is -2.26. The molecule has 0 aliphatic carbocycles. The van der Waals surface area contributed by atoms with Crippen LogP contribution in [0.3, 0.4) is 0 Å². The summed E-state index contributed by atoms with van der Waals surface area (Å²) in [6.07, 6.45) is 4.59. The average molecular weight is 309 g/mol. The van der Waals surface area contributed by atoms with E-state index in [9.17, 15) is 4.79 Å². The van der Waals surface area contributed by atoms with Gasteiger partial charge in [-0.2, -0.15) is 0 Å². The van der Waals surface area contributed by atoms with Gasteiger partial charge in [-0.05, 0) is 19.3 Å². The van der Waals surface area contributed by atoms with Gasteiger partial charge in [0.25, 0.3) is 0 Å². The van der Waals surface area contributed by atoms with Crippen LogP contribution in [0.25, 0.3) is 0 Å². The Morgan fingerprint density at radius 3 is 3.05 bits per heavy atom. The molecule has 2 saturated heterocycles. The molecule has 8 nitrogen and oxygen atoms in total. The molecule has 0 radical (unpaired) electrons. The Kier molecular flexibility index (Phi) is 4.89. The van der Waals surface area contributed by atoms with E-state index < -0.39 is 0 Å². The highest BCUT2D eigenvalue weighted by atomic mass is 16.5. The van der Waals surface area contributed by atoms with Gasteiger partial charge >= 0.3 is 6.03 Å². The second kappa shape index (κ2) is 7.06. The first-order valence-electron chi connectivity index (χ1n) is 7.79. The third-order valence-corrected chi connectivity index (χ3v) is 4.22. The summed E-state index contributed by atoms with van der Waals surface area (Å²) in [5.74, 6) is 0. The molecular weight excluding hydrogens is 286 g/mol. The van der Waals surface area contributed by atoms with Crippen molar-refractivity contribution in [3.63, 3.8) is 0 Å². The lowest BCUT2D eigenvalue weighted by molar-refractivity contribution is 0.0784. The lowest BCUT2D eigenvalue weighted by Crippen LogP contribution is -2.45. The molecule has 3 rings (SSSR count). The number of ether oxygens (including phenoxy) is 2. The van der Waals surface area contributed by atoms with E-state index in [2.05, 4.69) is 15.6 Å². The molecule has 1 aromatic heterocycles. The predicted octanol–water partition coefficient (Wildman–Crippen LogP) is 0.560. The number of carbonyl (C=O) groups excluding carboxylic acids is 1. The standard InChI is InChI=1S/C14H23N5O3/c1-21-10-12-8-19(17-16-12)13-2-5-18(9-13)14(20)15-11-3-6-22-7-4-11/h8,11,13H,2-7,9-10H2,1H3,(H,15,20). The van der Waals surface area contributed by atoms with Crippen LogP contribution in [0.1, 0.15) is 31.0 Å². The topological polar surface area (TPSA) is 81.5 Å². The Morgan fingerprint density at radius 1 is 1.45 bits per heavy atom. The molecule has 1 aromatic rings. The number of methoxy groups -OCH3 is 1. The van der Waals surface area contributed by atoms with Crippen molar-refractivity contribution in [2.24, 2.45) is 0 Å². The minimum absolute atomic E-state index is 0.0200. The van der Waals surface area contributed by atoms with Crippen molar-refractivity contribution in [3.05, 3.63) is 11.9 Å². The van der Waals surface area contributed by atoms with Crippen LogP contribution < -0.4 is 5.32 Å². The summed E-state index contributed by atoms with van der Waals surface area (Å²) in [6.45, 7) is 3.34. The fraction of sp³-hybridized carbons (Fsp3) is 0.786. The van der Waals surface area contributed by atoms with Crippen LogP contribution >= 0.6 is 0 Å². The van der Waals surface area contributed by atoms with E-state index in [1.54, 1.807) is 7.11 Å². The monoisotopic (exact) mass is 309 g/mol. The number of urea groups is 1. The SMILES string of the molecule is COCc1cn(C2CCN(C(=O)NC3CCOCC3)C2)nn1. The maximum absolute atomic E-state index is 12.3. The van der Waals surface area contributed by atoms with E-state index in [1.807, 2.05) is 15.8 Å². The largest absolute Gasteiger partial charge is 0.381 e. The second-order valence-corrected chi connectivity index (χ2v) is 5.85. The third-order valence-electron chi connectivity index (χ3n) is 4.22. The number of hydrogen-bond acceptors (Lipinski definition) is 5. The van der Waals surface area contributed by atoms with Gasteiger partial charge in [-0.1, -0.05) is 5.21 Å². The van der Waals surface area contributed by atoms with Gasteiger partial charge in [0, 0.05) is 39.5 Å². The second-order valence-electron chi connectivity index (χ2n) is 5.85. The molecule has 0 bridgehead atoms. The number of hydrogen-bond donors (Lipinski definition) is 1. The Bertz CT molecular complexity index is 500. The summed E-state index contributed by atoms with van der Waals surface area (Å²) in [5.41, 5.74) is 0.813. The number of likely N-dealkylation sites (tertiary alicyclic amines) is 1. The van der Waals surface area contributed by atoms with E-state index >= 15 is 0 Å². The molecule has 2 aliphatic heterocycles. The minimum Gasteiger partial charge on any atom is -0.381 e. The van der Waals surface area contributed by atoms with E-state index in [0.717, 1.165) is 44.7 Å². The summed E-state index contributed by atoms with van der Waals surface area (Å²) in [5, 5.41) is 11.3. The normalized spacial score (nSPS) is 23.0. The van der Waals surface area contributed by atoms with Crippen molar-refractivity contribution in [2.45, 2.75) is 38.0 Å². The van der Waals surface area contributed by atoms with Gasteiger partial charge in [0.05, 0.1) is 18.8 Å². The molecule has 1 atom stereocenters. The fourth-order valence-electron chi connectivity index (χ4n) is 2.96. The maximum Gasteiger partial charge on any atom is 0.317 e. The van der Waals surface area contributed by atoms with Crippen molar-refractivity contribution in [1.29, 1.82) is 0 Å². The zero-order chi connectivity index (χ0) is 15.4. The summed E-state index contributed by atoms with van der Waals surface area (Å²) >= 11 is 0. The zero-order valence-corrected chi connectivity index (χ0v) is 12.9. The first kappa shape index (κ1) is 15.2. The molecule has 22 heavy (non-hydrogen) atoms. The van der Waals surface area contributed by atoms with Crippen molar-refractivity contribution in [3.8, 4) is 0 Å². The number of nitrogens with zero attached hydrogens (tertiary/aromatic N) is 4. The number of aromatic nitrogens is 3. The summed E-state index contributed by atoms with van der Waals surface area (Å²) < 4.78 is 12.2. The number of amides is 2. The number of nitrogens with one attached hydrogen (secondary N) is 1. The molecule has 0 spiro atoms. The van der Waals surface area contributed by atoms with Crippen LogP contribution in [0.5, 0.6) is 0 Å². The average Bonchev–Trinajstić information content (AvgIpc) is 3.17. The summed E-state index contributed by atoms with van der Waals surface area (Å²) in [4.78, 5) is 14.2. The van der Waals surface area contributed by atoms with Gasteiger partial charge in [0.15, 0.2) is 0 Å². The smallest absolute Gasteiger partial charge is 0.317 e. The van der Waals surface area contributed by atoms with Crippen LogP contribution in [-0.4, -0.2) is 65.4 Å². The van der Waals surface area contributed by atoms with E-state index in [0.29, 0.717) is 13.2 Å². The van der Waals surface area contributed by atoms with E-state index in [1.165, 1.54) is 0 Å². The molecule has 0 saturated carbocycles. The zero-order valence-electron chi connectivity index (χ0n) is 12.9. The molecule has 1 unspecified atom stereocenters. The Hall–Kier alpha value is -1.67. The van der Waals surface area contributed by atoms with Gasteiger partial charge in [-0.3, -0.25) is 0 Å². The van der Waals surface area contributed by atoms with Gasteiger partial charge in [0.1, 0.15) is 5.69 Å². The predicted molar refractivity (Wildman–Crippen MR) is 78.3 cm³/mol. The van der Waals surface area contributed by atoms with Crippen LogP contribution in [0, 0.1) is 0 Å². The molecular formula is C14H23N5O3. The van der Waals surface area contributed by atoms with Crippen LogP contribution in [0.4, 0.5) is 4.79 Å². The lowest BCUT2D eigenvalue weighted by atomic mass is 10.1. The van der Waals surface area contributed by atoms with Crippen molar-refractivity contribution >= 4 is 6.03 Å². The molecule has 2 amide bonds. The minimum atomic E-state index is 0.0200. The summed E-state index contributed by atoms with van der Waals surface area (Å²) in [7, 11) is 1.64. The Balaban J connectivity index is 1.51. The summed E-state index contributed by atoms with van der Waals surface area (Å²) in [6, 6.07) is 0.449. The van der Waals surface area contributed by atoms with Crippen molar-refractivity contribution < 1.29 is 14.3 Å². The highest BCUT2D eigenvalue weighted by Gasteiger charge is 2.29. The molecule has 8 heteroatoms. The highest BCUT2D eigenvalue weighted by Crippen LogP contribution is 2.21. The third kappa shape index (κ3) is 3.56. The first-order valence-corrected chi connectivity index (χ1v) is 7.79. The number of carbonyl (C=O) groups is 1. The van der Waals surface area contributed by atoms with Gasteiger partial charge in [-0.25, -0.2) is 9.48 Å². The Labute approximate surface area is 129 Å². The number of rotatable bonds is 4. The van der Waals surface area contributed by atoms with E-state index in [4.69, 9.17) is 9.47 Å². The van der Waals surface area contributed by atoms with Gasteiger partial charge in [-0.15, -0.1) is 5.10 Å². The quantitative estimate of drug-likeness (QED) is 0.879. The highest BCUT2D eigenvalue weighted by molar-refractivity contribution is 5.74. The van der Waals surface area contributed by atoms with Gasteiger partial charge < -0.3 is 19.7 Å². The molecule has 2 aliphatic rings. The molecule has 3 heterocycles. The van der Waals surface area contributed by atoms with Gasteiger partial charge in [0.2, 0.25) is 0 Å². The van der Waals surface area contributed by atoms with Crippen molar-refractivity contribution in [1.82, 2.24) is 25.2 Å². The van der Waals surface area contributed by atoms with Crippen LogP contribution in [0.15, 0.2) is 6.20 Å². The van der Waals surface area contributed by atoms with Crippen molar-refractivity contribution in [2.75, 3.05) is 33.4 Å². The Morgan fingerprint density at radius 2 is 2.27 bits per heavy atom. The maximum atomic E-state index is 12.3. The van der Waals surface area contributed by atoms with E-state index in [-0.39, 0.29) is 18.1 Å². The molecule has 0 aromatic carbocycles. The fourth-order valence-corrected chi connectivity index (χ4v) is 2.96. The molecule has 2 fully saturated rings. The van der Waals surface area contributed by atoms with Crippen LogP contribution in [-0.2, 0) is 16.1 Å². The first-order chi connectivity index (χ1) is 10.8.